The quantitative estimate of drug-likeness (QED) is 0.747. The molecule has 0 unspecified atom stereocenters. The van der Waals surface area contributed by atoms with Gasteiger partial charge in [-0.2, -0.15) is 4.31 Å². The molecule has 0 spiro atoms. The van der Waals surface area contributed by atoms with Crippen molar-refractivity contribution in [2.24, 2.45) is 0 Å². The van der Waals surface area contributed by atoms with E-state index in [9.17, 15) is 8.42 Å². The molecule has 7 heteroatoms. The molecule has 1 N–H and O–H groups in total. The van der Waals surface area contributed by atoms with E-state index in [0.29, 0.717) is 30.2 Å². The number of benzene rings is 2. The van der Waals surface area contributed by atoms with Gasteiger partial charge < -0.3 is 14.5 Å². The molecule has 1 aromatic heterocycles. The van der Waals surface area contributed by atoms with Crippen LogP contribution < -0.4 is 9.47 Å². The fraction of sp³-hybridized carbons (Fsp3) is 0.300. The number of nitrogens with one attached hydrogen (secondary N) is 1. The summed E-state index contributed by atoms with van der Waals surface area (Å²) in [6.07, 6.45) is 0.664. The first-order valence-electron chi connectivity index (χ1n) is 8.76. The Bertz CT molecular complexity index is 1120. The Balaban J connectivity index is 1.68. The number of aromatic nitrogens is 1. The van der Waals surface area contributed by atoms with Crippen LogP contribution in [-0.4, -0.2) is 38.5 Å². The summed E-state index contributed by atoms with van der Waals surface area (Å²) in [6, 6.07) is 10.8. The van der Waals surface area contributed by atoms with Crippen LogP contribution in [0.3, 0.4) is 0 Å². The van der Waals surface area contributed by atoms with E-state index < -0.39 is 10.0 Å². The van der Waals surface area contributed by atoms with Crippen LogP contribution in [0.5, 0.6) is 11.5 Å². The van der Waals surface area contributed by atoms with E-state index in [1.807, 2.05) is 25.1 Å². The predicted molar refractivity (Wildman–Crippen MR) is 104 cm³/mol. The number of nitrogens with zero attached hydrogens (tertiary/aromatic N) is 1. The van der Waals surface area contributed by atoms with Crippen molar-refractivity contribution in [2.75, 3.05) is 20.8 Å². The van der Waals surface area contributed by atoms with Crippen molar-refractivity contribution in [2.45, 2.75) is 24.8 Å². The van der Waals surface area contributed by atoms with Gasteiger partial charge in [0.2, 0.25) is 10.0 Å². The Morgan fingerprint density at radius 3 is 2.59 bits per heavy atom. The van der Waals surface area contributed by atoms with Gasteiger partial charge in [-0.25, -0.2) is 8.42 Å². The molecule has 0 aliphatic carbocycles. The highest BCUT2D eigenvalue weighted by molar-refractivity contribution is 7.89. The van der Waals surface area contributed by atoms with Gasteiger partial charge in [-0.05, 0) is 60.9 Å². The maximum Gasteiger partial charge on any atom is 0.243 e. The molecule has 0 radical (unpaired) electrons. The van der Waals surface area contributed by atoms with Gasteiger partial charge in [0.25, 0.3) is 0 Å². The number of rotatable bonds is 4. The van der Waals surface area contributed by atoms with Crippen LogP contribution in [0.1, 0.15) is 16.8 Å². The monoisotopic (exact) mass is 386 g/mol. The second kappa shape index (κ2) is 6.58. The summed E-state index contributed by atoms with van der Waals surface area (Å²) in [5.74, 6) is 1.48. The van der Waals surface area contributed by atoms with Gasteiger partial charge in [-0.15, -0.1) is 0 Å². The SMILES string of the molecule is COc1ccc2[nH]c3c(c2c1)CCN(S(=O)(=O)c1ccc(OC)c(C)c1)C3. The molecule has 0 amide bonds. The standard InChI is InChI=1S/C20H22N2O4S/c1-13-10-15(5-7-20(13)26-3)27(23,24)22-9-8-16-17-11-14(25-2)4-6-18(17)21-19(16)12-22/h4-7,10-11,21H,8-9,12H2,1-3H3. The largest absolute Gasteiger partial charge is 0.497 e. The van der Waals surface area contributed by atoms with Crippen LogP contribution in [0.4, 0.5) is 0 Å². The van der Waals surface area contributed by atoms with Gasteiger partial charge in [0.1, 0.15) is 11.5 Å². The van der Waals surface area contributed by atoms with Crippen molar-refractivity contribution in [3.63, 3.8) is 0 Å². The lowest BCUT2D eigenvalue weighted by atomic mass is 10.0. The van der Waals surface area contributed by atoms with Gasteiger partial charge in [0.15, 0.2) is 0 Å². The van der Waals surface area contributed by atoms with E-state index in [-0.39, 0.29) is 0 Å². The second-order valence-electron chi connectivity index (χ2n) is 6.71. The zero-order valence-electron chi connectivity index (χ0n) is 15.6. The van der Waals surface area contributed by atoms with E-state index >= 15 is 0 Å². The van der Waals surface area contributed by atoms with Crippen molar-refractivity contribution < 1.29 is 17.9 Å². The minimum absolute atomic E-state index is 0.294. The maximum atomic E-state index is 13.1. The third-order valence-corrected chi connectivity index (χ3v) is 6.99. The van der Waals surface area contributed by atoms with Crippen LogP contribution in [0, 0.1) is 6.92 Å². The molecule has 0 saturated carbocycles. The summed E-state index contributed by atoms with van der Waals surface area (Å²) in [7, 11) is -0.348. The molecule has 0 bridgehead atoms. The maximum absolute atomic E-state index is 13.1. The number of H-pyrrole nitrogens is 1. The molecule has 142 valence electrons. The van der Waals surface area contributed by atoms with E-state index in [0.717, 1.165) is 27.9 Å². The first kappa shape index (κ1) is 17.9. The number of aromatic amines is 1. The average molecular weight is 386 g/mol. The van der Waals surface area contributed by atoms with Gasteiger partial charge in [-0.3, -0.25) is 0 Å². The zero-order valence-corrected chi connectivity index (χ0v) is 16.4. The number of methoxy groups -OCH3 is 2. The molecule has 1 aliphatic heterocycles. The van der Waals surface area contributed by atoms with E-state index in [1.54, 1.807) is 32.4 Å². The van der Waals surface area contributed by atoms with Crippen LogP contribution in [-0.2, 0) is 23.0 Å². The summed E-state index contributed by atoms with van der Waals surface area (Å²) >= 11 is 0. The predicted octanol–water partition coefficient (Wildman–Crippen LogP) is 3.24. The second-order valence-corrected chi connectivity index (χ2v) is 8.65. The van der Waals surface area contributed by atoms with Crippen LogP contribution >= 0.6 is 0 Å². The third kappa shape index (κ3) is 2.96. The lowest BCUT2D eigenvalue weighted by Gasteiger charge is -2.26. The molecule has 6 nitrogen and oxygen atoms in total. The average Bonchev–Trinajstić information content (AvgIpc) is 3.04. The number of sulfonamides is 1. The normalized spacial score (nSPS) is 14.9. The highest BCUT2D eigenvalue weighted by Crippen LogP contribution is 2.33. The highest BCUT2D eigenvalue weighted by Gasteiger charge is 2.30. The highest BCUT2D eigenvalue weighted by atomic mass is 32.2. The van der Waals surface area contributed by atoms with Crippen molar-refractivity contribution in [1.82, 2.24) is 9.29 Å². The molecule has 0 fully saturated rings. The Morgan fingerprint density at radius 2 is 1.89 bits per heavy atom. The Morgan fingerprint density at radius 1 is 1.07 bits per heavy atom. The number of ether oxygens (including phenoxy) is 2. The van der Waals surface area contributed by atoms with Crippen LogP contribution in [0.25, 0.3) is 10.9 Å². The number of hydrogen-bond acceptors (Lipinski definition) is 4. The number of hydrogen-bond donors (Lipinski definition) is 1. The molecule has 27 heavy (non-hydrogen) atoms. The molecule has 3 aromatic rings. The summed E-state index contributed by atoms with van der Waals surface area (Å²) < 4.78 is 38.3. The third-order valence-electron chi connectivity index (χ3n) is 5.15. The molecular formula is C20H22N2O4S. The van der Waals surface area contributed by atoms with Crippen LogP contribution in [0.2, 0.25) is 0 Å². The van der Waals surface area contributed by atoms with Crippen molar-refractivity contribution in [3.8, 4) is 11.5 Å². The number of aryl methyl sites for hydroxylation is 1. The fourth-order valence-electron chi connectivity index (χ4n) is 3.69. The van der Waals surface area contributed by atoms with Crippen LogP contribution in [0.15, 0.2) is 41.3 Å². The zero-order chi connectivity index (χ0) is 19.2. The summed E-state index contributed by atoms with van der Waals surface area (Å²) in [4.78, 5) is 3.66. The summed E-state index contributed by atoms with van der Waals surface area (Å²) in [5, 5.41) is 1.10. The van der Waals surface area contributed by atoms with Crippen molar-refractivity contribution in [1.29, 1.82) is 0 Å². The Kier molecular flexibility index (Phi) is 4.36. The summed E-state index contributed by atoms with van der Waals surface area (Å²) in [6.45, 7) is 2.63. The van der Waals surface area contributed by atoms with Gasteiger partial charge in [0, 0.05) is 23.1 Å². The van der Waals surface area contributed by atoms with Gasteiger partial charge >= 0.3 is 0 Å². The molecule has 0 atom stereocenters. The topological polar surface area (TPSA) is 71.6 Å². The van der Waals surface area contributed by atoms with Gasteiger partial charge in [0.05, 0.1) is 25.7 Å². The first-order valence-corrected chi connectivity index (χ1v) is 10.2. The Labute approximate surface area is 158 Å². The summed E-state index contributed by atoms with van der Waals surface area (Å²) in [5.41, 5.74) is 3.91. The van der Waals surface area contributed by atoms with E-state index in [2.05, 4.69) is 4.98 Å². The fourth-order valence-corrected chi connectivity index (χ4v) is 5.18. The van der Waals surface area contributed by atoms with Crippen molar-refractivity contribution >= 4 is 20.9 Å². The number of fused-ring (bicyclic) bond motifs is 3. The lowest BCUT2D eigenvalue weighted by Crippen LogP contribution is -2.35. The lowest BCUT2D eigenvalue weighted by molar-refractivity contribution is 0.388. The minimum atomic E-state index is -3.57. The van der Waals surface area contributed by atoms with E-state index in [4.69, 9.17) is 9.47 Å². The smallest absolute Gasteiger partial charge is 0.243 e. The molecule has 0 saturated heterocycles. The molecule has 2 aromatic carbocycles. The first-order chi connectivity index (χ1) is 12.9. The molecule has 2 heterocycles. The molecule has 4 rings (SSSR count). The minimum Gasteiger partial charge on any atom is -0.497 e. The van der Waals surface area contributed by atoms with E-state index in [1.165, 1.54) is 9.87 Å². The van der Waals surface area contributed by atoms with Crippen molar-refractivity contribution in [3.05, 3.63) is 53.2 Å². The van der Waals surface area contributed by atoms with Gasteiger partial charge in [-0.1, -0.05) is 0 Å². The Hall–Kier alpha value is -2.51. The molecular weight excluding hydrogens is 364 g/mol. The molecule has 1 aliphatic rings.